The zero-order valence-electron chi connectivity index (χ0n) is 14.6. The van der Waals surface area contributed by atoms with Crippen molar-refractivity contribution in [1.82, 2.24) is 9.97 Å². The number of ketones is 1. The van der Waals surface area contributed by atoms with Crippen molar-refractivity contribution >= 4 is 23.5 Å². The normalized spacial score (nSPS) is 10.6. The van der Waals surface area contributed by atoms with Gasteiger partial charge in [0.1, 0.15) is 0 Å². The van der Waals surface area contributed by atoms with E-state index in [4.69, 9.17) is 0 Å². The SMILES string of the molecule is COC(=O)Cc1cc(=O)[nH]c(SCC(=O)c2c(C)cc(C)cc2C)n1. The summed E-state index contributed by atoms with van der Waals surface area (Å²) in [5.74, 6) is -0.355. The van der Waals surface area contributed by atoms with Gasteiger partial charge in [0.15, 0.2) is 10.9 Å². The van der Waals surface area contributed by atoms with E-state index < -0.39 is 5.97 Å². The summed E-state index contributed by atoms with van der Waals surface area (Å²) in [5, 5.41) is 0.308. The fourth-order valence-electron chi connectivity index (χ4n) is 2.69. The average Bonchev–Trinajstić information content (AvgIpc) is 2.51. The molecule has 0 atom stereocenters. The van der Waals surface area contributed by atoms with Gasteiger partial charge in [-0.15, -0.1) is 0 Å². The molecule has 6 nitrogen and oxygen atoms in total. The van der Waals surface area contributed by atoms with Crippen LogP contribution < -0.4 is 5.56 Å². The van der Waals surface area contributed by atoms with Crippen molar-refractivity contribution in [1.29, 1.82) is 0 Å². The highest BCUT2D eigenvalue weighted by Crippen LogP contribution is 2.20. The maximum Gasteiger partial charge on any atom is 0.311 e. The summed E-state index contributed by atoms with van der Waals surface area (Å²) >= 11 is 1.14. The first-order valence-corrected chi connectivity index (χ1v) is 8.69. The van der Waals surface area contributed by atoms with E-state index in [-0.39, 0.29) is 23.5 Å². The molecule has 132 valence electrons. The summed E-state index contributed by atoms with van der Waals surface area (Å²) in [7, 11) is 1.27. The Hall–Kier alpha value is -2.41. The van der Waals surface area contributed by atoms with Crippen molar-refractivity contribution in [2.75, 3.05) is 12.9 Å². The van der Waals surface area contributed by atoms with Gasteiger partial charge >= 0.3 is 5.97 Å². The lowest BCUT2D eigenvalue weighted by atomic mass is 9.97. The minimum Gasteiger partial charge on any atom is -0.469 e. The number of aryl methyl sites for hydroxylation is 3. The molecule has 1 N–H and O–H groups in total. The number of hydrogen-bond acceptors (Lipinski definition) is 6. The smallest absolute Gasteiger partial charge is 0.311 e. The molecule has 0 spiro atoms. The summed E-state index contributed by atoms with van der Waals surface area (Å²) in [4.78, 5) is 42.3. The lowest BCUT2D eigenvalue weighted by Crippen LogP contribution is -2.15. The number of carbonyl (C=O) groups excluding carboxylic acids is 2. The van der Waals surface area contributed by atoms with Crippen LogP contribution in [0, 0.1) is 20.8 Å². The van der Waals surface area contributed by atoms with E-state index >= 15 is 0 Å². The second-order valence-electron chi connectivity index (χ2n) is 5.78. The molecule has 0 fully saturated rings. The summed E-state index contributed by atoms with van der Waals surface area (Å²) < 4.78 is 4.57. The Bertz CT molecular complexity index is 851. The molecular formula is C18H20N2O4S. The number of aromatic nitrogens is 2. The van der Waals surface area contributed by atoms with Crippen molar-refractivity contribution in [3.8, 4) is 0 Å². The minimum absolute atomic E-state index is 0.0268. The fourth-order valence-corrected chi connectivity index (χ4v) is 3.46. The van der Waals surface area contributed by atoms with Gasteiger partial charge in [-0.2, -0.15) is 0 Å². The quantitative estimate of drug-likeness (QED) is 0.368. The molecule has 0 aliphatic rings. The van der Waals surface area contributed by atoms with Crippen LogP contribution in [0.15, 0.2) is 28.2 Å². The third kappa shape index (κ3) is 5.03. The van der Waals surface area contributed by atoms with Crippen LogP contribution in [-0.4, -0.2) is 34.6 Å². The van der Waals surface area contributed by atoms with Crippen LogP contribution in [0.3, 0.4) is 0 Å². The Kier molecular flexibility index (Phi) is 6.14. The Morgan fingerprint density at radius 1 is 1.16 bits per heavy atom. The van der Waals surface area contributed by atoms with Crippen LogP contribution in [0.5, 0.6) is 0 Å². The second-order valence-corrected chi connectivity index (χ2v) is 6.74. The van der Waals surface area contributed by atoms with Crippen LogP contribution in [0.1, 0.15) is 32.7 Å². The van der Waals surface area contributed by atoms with E-state index in [0.717, 1.165) is 28.5 Å². The van der Waals surface area contributed by atoms with E-state index in [1.165, 1.54) is 13.2 Å². The van der Waals surface area contributed by atoms with Crippen LogP contribution in [0.4, 0.5) is 0 Å². The number of ether oxygens (including phenoxy) is 1. The number of aromatic amines is 1. The van der Waals surface area contributed by atoms with Gasteiger partial charge in [0.05, 0.1) is 25.0 Å². The number of nitrogens with zero attached hydrogens (tertiary/aromatic N) is 1. The van der Waals surface area contributed by atoms with E-state index in [2.05, 4.69) is 14.7 Å². The van der Waals surface area contributed by atoms with Crippen molar-refractivity contribution < 1.29 is 14.3 Å². The number of Topliss-reactive ketones (excluding diaryl/α,β-unsaturated/α-hetero) is 1. The van der Waals surface area contributed by atoms with Gasteiger partial charge < -0.3 is 9.72 Å². The Morgan fingerprint density at radius 3 is 2.40 bits per heavy atom. The number of hydrogen-bond donors (Lipinski definition) is 1. The highest BCUT2D eigenvalue weighted by molar-refractivity contribution is 7.99. The molecule has 7 heteroatoms. The van der Waals surface area contributed by atoms with Crippen molar-refractivity contribution in [3.63, 3.8) is 0 Å². The molecule has 0 unspecified atom stereocenters. The first-order valence-electron chi connectivity index (χ1n) is 7.71. The summed E-state index contributed by atoms with van der Waals surface area (Å²) in [6, 6.07) is 5.20. The number of thioether (sulfide) groups is 1. The third-order valence-electron chi connectivity index (χ3n) is 3.62. The predicted molar refractivity (Wildman–Crippen MR) is 96.3 cm³/mol. The van der Waals surface area contributed by atoms with Crippen molar-refractivity contribution in [2.24, 2.45) is 0 Å². The number of rotatable bonds is 6. The maximum atomic E-state index is 12.6. The first-order chi connectivity index (χ1) is 11.8. The maximum absolute atomic E-state index is 12.6. The minimum atomic E-state index is -0.476. The number of nitrogens with one attached hydrogen (secondary N) is 1. The second kappa shape index (κ2) is 8.11. The molecule has 1 aromatic heterocycles. The first kappa shape index (κ1) is 18.9. The number of esters is 1. The molecule has 1 heterocycles. The van der Waals surface area contributed by atoms with E-state index in [9.17, 15) is 14.4 Å². The molecule has 25 heavy (non-hydrogen) atoms. The topological polar surface area (TPSA) is 89.1 Å². The molecule has 2 rings (SSSR count). The average molecular weight is 360 g/mol. The molecule has 0 aliphatic heterocycles. The molecular weight excluding hydrogens is 340 g/mol. The Morgan fingerprint density at radius 2 is 1.80 bits per heavy atom. The molecule has 0 bridgehead atoms. The van der Waals surface area contributed by atoms with Crippen molar-refractivity contribution in [3.05, 3.63) is 56.5 Å². The molecule has 0 amide bonds. The van der Waals surface area contributed by atoms with E-state index in [1.54, 1.807) is 0 Å². The van der Waals surface area contributed by atoms with Crippen LogP contribution in [0.25, 0.3) is 0 Å². The predicted octanol–water partition coefficient (Wildman–Crippen LogP) is 2.39. The molecule has 0 aliphatic carbocycles. The standard InChI is InChI=1S/C18H20N2O4S/c1-10-5-11(2)17(12(3)6-10)14(21)9-25-18-19-13(7-15(22)20-18)8-16(23)24-4/h5-7H,8-9H2,1-4H3,(H,19,20,22). The van der Waals surface area contributed by atoms with Gasteiger partial charge in [-0.3, -0.25) is 14.4 Å². The van der Waals surface area contributed by atoms with E-state index in [0.29, 0.717) is 16.4 Å². The molecule has 0 radical (unpaired) electrons. The van der Waals surface area contributed by atoms with Gasteiger partial charge in [-0.05, 0) is 31.9 Å². The number of H-pyrrole nitrogens is 1. The molecule has 0 saturated heterocycles. The zero-order chi connectivity index (χ0) is 18.6. The summed E-state index contributed by atoms with van der Waals surface area (Å²) in [6.07, 6.45) is -0.0852. The highest BCUT2D eigenvalue weighted by Gasteiger charge is 2.15. The molecule has 0 saturated carbocycles. The number of carbonyl (C=O) groups is 2. The highest BCUT2D eigenvalue weighted by atomic mass is 32.2. The van der Waals surface area contributed by atoms with Gasteiger partial charge in [0.2, 0.25) is 0 Å². The number of methoxy groups -OCH3 is 1. The van der Waals surface area contributed by atoms with Gasteiger partial charge in [-0.1, -0.05) is 29.5 Å². The third-order valence-corrected chi connectivity index (χ3v) is 4.50. The molecule has 2 aromatic rings. The lowest BCUT2D eigenvalue weighted by molar-refractivity contribution is -0.139. The summed E-state index contributed by atoms with van der Waals surface area (Å²) in [6.45, 7) is 5.81. The van der Waals surface area contributed by atoms with Gasteiger partial charge in [-0.25, -0.2) is 4.98 Å². The van der Waals surface area contributed by atoms with E-state index in [1.807, 2.05) is 32.9 Å². The molecule has 1 aromatic carbocycles. The number of benzene rings is 1. The Balaban J connectivity index is 2.15. The van der Waals surface area contributed by atoms with Gasteiger partial charge in [0.25, 0.3) is 5.56 Å². The van der Waals surface area contributed by atoms with Crippen molar-refractivity contribution in [2.45, 2.75) is 32.3 Å². The fraction of sp³-hybridized carbons (Fsp3) is 0.333. The largest absolute Gasteiger partial charge is 0.469 e. The monoisotopic (exact) mass is 360 g/mol. The zero-order valence-corrected chi connectivity index (χ0v) is 15.5. The van der Waals surface area contributed by atoms with Crippen LogP contribution in [0.2, 0.25) is 0 Å². The summed E-state index contributed by atoms with van der Waals surface area (Å²) in [5.41, 5.74) is 3.62. The lowest BCUT2D eigenvalue weighted by Gasteiger charge is -2.10. The van der Waals surface area contributed by atoms with Crippen LogP contribution in [-0.2, 0) is 16.0 Å². The van der Waals surface area contributed by atoms with Gasteiger partial charge in [0, 0.05) is 11.6 Å². The Labute approximate surface area is 150 Å². The van der Waals surface area contributed by atoms with Crippen LogP contribution >= 0.6 is 11.8 Å².